The number of aromatic nitrogens is 2. The average Bonchev–Trinajstić information content (AvgIpc) is 2.68. The van der Waals surface area contributed by atoms with Crippen molar-refractivity contribution in [2.45, 2.75) is 26.8 Å². The SMILES string of the molecule is CCn1nc(CC(C)CN)c2ccccc21. The van der Waals surface area contributed by atoms with Crippen LogP contribution in [0.2, 0.25) is 0 Å². The summed E-state index contributed by atoms with van der Waals surface area (Å²) in [5.41, 5.74) is 8.07. The first-order valence-corrected chi connectivity index (χ1v) is 5.90. The minimum Gasteiger partial charge on any atom is -0.330 e. The van der Waals surface area contributed by atoms with E-state index < -0.39 is 0 Å². The Morgan fingerprint density at radius 2 is 2.12 bits per heavy atom. The fourth-order valence-electron chi connectivity index (χ4n) is 2.00. The smallest absolute Gasteiger partial charge is 0.0706 e. The summed E-state index contributed by atoms with van der Waals surface area (Å²) < 4.78 is 2.06. The highest BCUT2D eigenvalue weighted by atomic mass is 15.3. The molecule has 0 spiro atoms. The topological polar surface area (TPSA) is 43.8 Å². The lowest BCUT2D eigenvalue weighted by molar-refractivity contribution is 0.571. The second kappa shape index (κ2) is 4.66. The van der Waals surface area contributed by atoms with E-state index in [1.54, 1.807) is 0 Å². The van der Waals surface area contributed by atoms with Crippen molar-refractivity contribution in [1.82, 2.24) is 9.78 Å². The van der Waals surface area contributed by atoms with Gasteiger partial charge in [0.1, 0.15) is 0 Å². The van der Waals surface area contributed by atoms with Gasteiger partial charge in [0.15, 0.2) is 0 Å². The lowest BCUT2D eigenvalue weighted by Gasteiger charge is -2.05. The Kier molecular flexibility index (Phi) is 3.25. The lowest BCUT2D eigenvalue weighted by Crippen LogP contribution is -2.13. The fraction of sp³-hybridized carbons (Fsp3) is 0.462. The van der Waals surface area contributed by atoms with E-state index in [-0.39, 0.29) is 0 Å². The molecule has 3 nitrogen and oxygen atoms in total. The third kappa shape index (κ3) is 1.95. The van der Waals surface area contributed by atoms with Gasteiger partial charge in [-0.2, -0.15) is 5.10 Å². The molecule has 1 aromatic carbocycles. The van der Waals surface area contributed by atoms with Crippen molar-refractivity contribution in [2.24, 2.45) is 11.7 Å². The van der Waals surface area contributed by atoms with Crippen molar-refractivity contribution in [2.75, 3.05) is 6.54 Å². The first-order valence-electron chi connectivity index (χ1n) is 5.90. The molecule has 0 saturated carbocycles. The molecule has 0 aliphatic heterocycles. The zero-order valence-corrected chi connectivity index (χ0v) is 9.98. The van der Waals surface area contributed by atoms with Gasteiger partial charge < -0.3 is 5.73 Å². The maximum atomic E-state index is 5.67. The molecule has 0 aliphatic rings. The highest BCUT2D eigenvalue weighted by molar-refractivity contribution is 5.81. The highest BCUT2D eigenvalue weighted by Gasteiger charge is 2.11. The van der Waals surface area contributed by atoms with Crippen molar-refractivity contribution in [3.05, 3.63) is 30.0 Å². The number of hydrogen-bond acceptors (Lipinski definition) is 2. The number of fused-ring (bicyclic) bond motifs is 1. The van der Waals surface area contributed by atoms with Crippen LogP contribution >= 0.6 is 0 Å². The summed E-state index contributed by atoms with van der Waals surface area (Å²) in [5.74, 6) is 0.489. The number of nitrogens with zero attached hydrogens (tertiary/aromatic N) is 2. The van der Waals surface area contributed by atoms with Crippen LogP contribution in [0.4, 0.5) is 0 Å². The van der Waals surface area contributed by atoms with Crippen molar-refractivity contribution in [3.63, 3.8) is 0 Å². The van der Waals surface area contributed by atoms with Gasteiger partial charge in [0.25, 0.3) is 0 Å². The number of rotatable bonds is 4. The molecule has 2 aromatic rings. The van der Waals surface area contributed by atoms with Crippen LogP contribution in [0, 0.1) is 5.92 Å². The molecule has 1 unspecified atom stereocenters. The Labute approximate surface area is 96.2 Å². The third-order valence-electron chi connectivity index (χ3n) is 2.98. The van der Waals surface area contributed by atoms with Crippen molar-refractivity contribution in [3.8, 4) is 0 Å². The fourth-order valence-corrected chi connectivity index (χ4v) is 2.00. The molecule has 0 amide bonds. The van der Waals surface area contributed by atoms with Crippen LogP contribution in [0.3, 0.4) is 0 Å². The van der Waals surface area contributed by atoms with Gasteiger partial charge in [-0.15, -0.1) is 0 Å². The second-order valence-corrected chi connectivity index (χ2v) is 4.32. The predicted molar refractivity (Wildman–Crippen MR) is 67.3 cm³/mol. The number of para-hydroxylation sites is 1. The number of benzene rings is 1. The van der Waals surface area contributed by atoms with Crippen molar-refractivity contribution in [1.29, 1.82) is 0 Å². The summed E-state index contributed by atoms with van der Waals surface area (Å²) in [7, 11) is 0. The van der Waals surface area contributed by atoms with E-state index in [0.29, 0.717) is 12.5 Å². The van der Waals surface area contributed by atoms with Crippen LogP contribution in [0.5, 0.6) is 0 Å². The summed E-state index contributed by atoms with van der Waals surface area (Å²) in [5, 5.41) is 5.93. The summed E-state index contributed by atoms with van der Waals surface area (Å²) in [6, 6.07) is 8.41. The molecule has 0 aliphatic carbocycles. The molecular weight excluding hydrogens is 198 g/mol. The minimum atomic E-state index is 0.489. The third-order valence-corrected chi connectivity index (χ3v) is 2.98. The maximum absolute atomic E-state index is 5.67. The summed E-state index contributed by atoms with van der Waals surface area (Å²) >= 11 is 0. The van der Waals surface area contributed by atoms with Gasteiger partial charge in [-0.1, -0.05) is 25.1 Å². The first-order chi connectivity index (χ1) is 7.76. The van der Waals surface area contributed by atoms with Crippen LogP contribution in [-0.2, 0) is 13.0 Å². The molecule has 3 heteroatoms. The molecule has 1 aromatic heterocycles. The van der Waals surface area contributed by atoms with E-state index in [1.165, 1.54) is 16.6 Å². The molecule has 1 heterocycles. The molecule has 2 rings (SSSR count). The summed E-state index contributed by atoms with van der Waals surface area (Å²) in [6.07, 6.45) is 0.962. The zero-order valence-electron chi connectivity index (χ0n) is 9.98. The van der Waals surface area contributed by atoms with Crippen LogP contribution in [0.1, 0.15) is 19.5 Å². The van der Waals surface area contributed by atoms with Gasteiger partial charge >= 0.3 is 0 Å². The van der Waals surface area contributed by atoms with Crippen LogP contribution in [0.15, 0.2) is 24.3 Å². The van der Waals surface area contributed by atoms with Gasteiger partial charge in [0.05, 0.1) is 11.2 Å². The van der Waals surface area contributed by atoms with E-state index in [4.69, 9.17) is 5.73 Å². The summed E-state index contributed by atoms with van der Waals surface area (Å²) in [6.45, 7) is 5.92. The Bertz CT molecular complexity index is 473. The Hall–Kier alpha value is -1.35. The molecule has 0 bridgehead atoms. The summed E-state index contributed by atoms with van der Waals surface area (Å²) in [4.78, 5) is 0. The zero-order chi connectivity index (χ0) is 11.5. The maximum Gasteiger partial charge on any atom is 0.0706 e. The predicted octanol–water partition coefficient (Wildman–Crippen LogP) is 2.19. The van der Waals surface area contributed by atoms with Gasteiger partial charge in [0, 0.05) is 11.9 Å². The van der Waals surface area contributed by atoms with E-state index in [0.717, 1.165) is 13.0 Å². The van der Waals surface area contributed by atoms with Crippen LogP contribution in [-0.4, -0.2) is 16.3 Å². The molecule has 86 valence electrons. The average molecular weight is 217 g/mol. The van der Waals surface area contributed by atoms with Gasteiger partial charge in [-0.3, -0.25) is 4.68 Å². The Morgan fingerprint density at radius 1 is 1.38 bits per heavy atom. The van der Waals surface area contributed by atoms with E-state index >= 15 is 0 Å². The van der Waals surface area contributed by atoms with E-state index in [9.17, 15) is 0 Å². The van der Waals surface area contributed by atoms with Crippen LogP contribution in [0.25, 0.3) is 10.9 Å². The van der Waals surface area contributed by atoms with Gasteiger partial charge in [0.2, 0.25) is 0 Å². The van der Waals surface area contributed by atoms with Crippen molar-refractivity contribution < 1.29 is 0 Å². The van der Waals surface area contributed by atoms with Crippen molar-refractivity contribution >= 4 is 10.9 Å². The van der Waals surface area contributed by atoms with E-state index in [1.807, 2.05) is 0 Å². The molecular formula is C13H19N3. The number of aryl methyl sites for hydroxylation is 1. The Balaban J connectivity index is 2.45. The number of nitrogens with two attached hydrogens (primary N) is 1. The van der Waals surface area contributed by atoms with Gasteiger partial charge in [-0.25, -0.2) is 0 Å². The van der Waals surface area contributed by atoms with Gasteiger partial charge in [-0.05, 0) is 31.9 Å². The Morgan fingerprint density at radius 3 is 2.81 bits per heavy atom. The molecule has 16 heavy (non-hydrogen) atoms. The molecule has 0 radical (unpaired) electrons. The second-order valence-electron chi connectivity index (χ2n) is 4.32. The minimum absolute atomic E-state index is 0.489. The number of hydrogen-bond donors (Lipinski definition) is 1. The molecule has 1 atom stereocenters. The highest BCUT2D eigenvalue weighted by Crippen LogP contribution is 2.20. The quantitative estimate of drug-likeness (QED) is 0.853. The lowest BCUT2D eigenvalue weighted by atomic mass is 10.0. The molecule has 0 saturated heterocycles. The molecule has 2 N–H and O–H groups in total. The molecule has 0 fully saturated rings. The largest absolute Gasteiger partial charge is 0.330 e. The normalized spacial score (nSPS) is 13.2. The first kappa shape index (κ1) is 11.1. The van der Waals surface area contributed by atoms with Crippen LogP contribution < -0.4 is 5.73 Å². The monoisotopic (exact) mass is 217 g/mol. The van der Waals surface area contributed by atoms with E-state index in [2.05, 4.69) is 47.9 Å². The standard InChI is InChI=1S/C13H19N3/c1-3-16-13-7-5-4-6-11(13)12(15-16)8-10(2)9-14/h4-7,10H,3,8-9,14H2,1-2H3.